The van der Waals surface area contributed by atoms with Gasteiger partial charge in [0.05, 0.1) is 10.6 Å². The van der Waals surface area contributed by atoms with Crippen LogP contribution >= 0.6 is 31.9 Å². The highest BCUT2D eigenvalue weighted by molar-refractivity contribution is 9.10. The molecule has 0 heterocycles. The first-order chi connectivity index (χ1) is 17.5. The van der Waals surface area contributed by atoms with Crippen LogP contribution in [0.2, 0.25) is 0 Å². The zero-order valence-electron chi connectivity index (χ0n) is 20.8. The lowest BCUT2D eigenvalue weighted by Gasteiger charge is -2.32. The van der Waals surface area contributed by atoms with E-state index in [1.165, 1.54) is 17.0 Å². The molecular weight excluding hydrogens is 622 g/mol. The summed E-state index contributed by atoms with van der Waals surface area (Å²) in [6.07, 6.45) is 0. The first-order valence-corrected chi connectivity index (χ1v) is 14.7. The van der Waals surface area contributed by atoms with Gasteiger partial charge >= 0.3 is 0 Å². The van der Waals surface area contributed by atoms with Crippen molar-refractivity contribution >= 4 is 59.4 Å². The molecule has 3 rings (SSSR count). The Kier molecular flexibility index (Phi) is 9.92. The van der Waals surface area contributed by atoms with Crippen LogP contribution in [0.15, 0.2) is 92.7 Å². The topological polar surface area (TPSA) is 86.8 Å². The van der Waals surface area contributed by atoms with Crippen LogP contribution in [0.1, 0.15) is 26.3 Å². The van der Waals surface area contributed by atoms with Crippen molar-refractivity contribution in [2.75, 3.05) is 10.8 Å². The number of sulfonamides is 1. The van der Waals surface area contributed by atoms with Gasteiger partial charge in [0.15, 0.2) is 0 Å². The fourth-order valence-corrected chi connectivity index (χ4v) is 5.96. The van der Waals surface area contributed by atoms with E-state index in [1.807, 2.05) is 38.1 Å². The number of amides is 2. The van der Waals surface area contributed by atoms with Gasteiger partial charge in [-0.05, 0) is 68.8 Å². The predicted molar refractivity (Wildman–Crippen MR) is 153 cm³/mol. The summed E-state index contributed by atoms with van der Waals surface area (Å²) in [7, 11) is -4.09. The summed E-state index contributed by atoms with van der Waals surface area (Å²) in [5.41, 5.74) is 1.13. The van der Waals surface area contributed by atoms with Crippen molar-refractivity contribution in [3.05, 3.63) is 93.4 Å². The number of benzene rings is 3. The lowest BCUT2D eigenvalue weighted by Crippen LogP contribution is -2.52. The van der Waals surface area contributed by atoms with E-state index in [-0.39, 0.29) is 23.4 Å². The van der Waals surface area contributed by atoms with E-state index in [1.54, 1.807) is 49.4 Å². The lowest BCUT2D eigenvalue weighted by atomic mass is 10.1. The number of hydrogen-bond acceptors (Lipinski definition) is 4. The van der Waals surface area contributed by atoms with Crippen molar-refractivity contribution in [2.45, 2.75) is 44.3 Å². The van der Waals surface area contributed by atoms with E-state index < -0.39 is 28.5 Å². The number of nitrogens with zero attached hydrogens (tertiary/aromatic N) is 2. The molecular formula is C27H29Br2N3O4S. The quantitative estimate of drug-likeness (QED) is 0.321. The molecule has 0 bridgehead atoms. The molecule has 0 aliphatic heterocycles. The van der Waals surface area contributed by atoms with Crippen molar-refractivity contribution in [3.8, 4) is 0 Å². The minimum atomic E-state index is -4.09. The van der Waals surface area contributed by atoms with Gasteiger partial charge in [-0.3, -0.25) is 13.9 Å². The van der Waals surface area contributed by atoms with E-state index >= 15 is 0 Å². The predicted octanol–water partition coefficient (Wildman–Crippen LogP) is 5.35. The molecule has 196 valence electrons. The molecule has 37 heavy (non-hydrogen) atoms. The highest BCUT2D eigenvalue weighted by atomic mass is 79.9. The maximum absolute atomic E-state index is 13.8. The fourth-order valence-electron chi connectivity index (χ4n) is 3.70. The summed E-state index contributed by atoms with van der Waals surface area (Å²) in [5.74, 6) is -0.830. The summed E-state index contributed by atoms with van der Waals surface area (Å²) in [4.78, 5) is 28.2. The van der Waals surface area contributed by atoms with Gasteiger partial charge in [-0.2, -0.15) is 0 Å². The monoisotopic (exact) mass is 649 g/mol. The van der Waals surface area contributed by atoms with Crippen LogP contribution in [-0.4, -0.2) is 43.8 Å². The number of halogens is 2. The number of rotatable bonds is 10. The van der Waals surface area contributed by atoms with Crippen molar-refractivity contribution < 1.29 is 18.0 Å². The molecule has 0 unspecified atom stereocenters. The second-order valence-corrected chi connectivity index (χ2v) is 12.5. The maximum atomic E-state index is 13.8. The van der Waals surface area contributed by atoms with Crippen LogP contribution < -0.4 is 9.62 Å². The third-order valence-corrected chi connectivity index (χ3v) is 8.32. The van der Waals surface area contributed by atoms with Crippen LogP contribution in [0.4, 0.5) is 5.69 Å². The van der Waals surface area contributed by atoms with Crippen LogP contribution in [0, 0.1) is 0 Å². The van der Waals surface area contributed by atoms with Gasteiger partial charge in [0.25, 0.3) is 10.0 Å². The zero-order chi connectivity index (χ0) is 27.2. The molecule has 0 aliphatic rings. The molecule has 0 fully saturated rings. The first kappa shape index (κ1) is 28.9. The Bertz CT molecular complexity index is 1350. The third kappa shape index (κ3) is 7.66. The molecule has 2 amide bonds. The highest BCUT2D eigenvalue weighted by Crippen LogP contribution is 2.27. The Labute approximate surface area is 235 Å². The summed E-state index contributed by atoms with van der Waals surface area (Å²) in [5, 5.41) is 2.84. The Balaban J connectivity index is 2.02. The van der Waals surface area contributed by atoms with Crippen LogP contribution in [0.3, 0.4) is 0 Å². The summed E-state index contributed by atoms with van der Waals surface area (Å²) in [6.45, 7) is 4.96. The molecule has 0 saturated carbocycles. The molecule has 0 saturated heterocycles. The summed E-state index contributed by atoms with van der Waals surface area (Å²) < 4.78 is 30.0. The zero-order valence-corrected chi connectivity index (χ0v) is 24.8. The molecule has 1 N–H and O–H groups in total. The van der Waals surface area contributed by atoms with Gasteiger partial charge < -0.3 is 10.2 Å². The number of anilines is 1. The molecule has 3 aromatic carbocycles. The van der Waals surface area contributed by atoms with Crippen LogP contribution in [-0.2, 0) is 26.2 Å². The smallest absolute Gasteiger partial charge is 0.264 e. The lowest BCUT2D eigenvalue weighted by molar-refractivity contribution is -0.139. The van der Waals surface area contributed by atoms with E-state index in [0.29, 0.717) is 10.2 Å². The van der Waals surface area contributed by atoms with Gasteiger partial charge in [0.2, 0.25) is 11.8 Å². The minimum absolute atomic E-state index is 0.0620. The average Bonchev–Trinajstić information content (AvgIpc) is 2.85. The largest absolute Gasteiger partial charge is 0.352 e. The normalized spacial score (nSPS) is 12.2. The first-order valence-electron chi connectivity index (χ1n) is 11.7. The number of carbonyl (C=O) groups excluding carboxylic acids is 2. The number of carbonyl (C=O) groups is 2. The second kappa shape index (κ2) is 12.7. The standard InChI is InChI=1S/C27H29Br2N3O4S/c1-19(2)30-27(34)20(3)31(17-21-9-7-10-22(28)15-21)26(33)18-32(24-12-8-11-23(29)16-24)37(35,36)25-13-5-4-6-14-25/h4-16,19-20H,17-18H2,1-3H3,(H,30,34)/t20-/m1/s1. The van der Waals surface area contributed by atoms with E-state index in [2.05, 4.69) is 37.2 Å². The molecule has 0 aromatic heterocycles. The maximum Gasteiger partial charge on any atom is 0.264 e. The molecule has 3 aromatic rings. The summed E-state index contributed by atoms with van der Waals surface area (Å²) in [6, 6.07) is 21.2. The van der Waals surface area contributed by atoms with E-state index in [4.69, 9.17) is 0 Å². The van der Waals surface area contributed by atoms with Gasteiger partial charge in [-0.15, -0.1) is 0 Å². The van der Waals surface area contributed by atoms with Gasteiger partial charge in [0, 0.05) is 21.5 Å². The van der Waals surface area contributed by atoms with Gasteiger partial charge in [-0.25, -0.2) is 8.42 Å². The second-order valence-electron chi connectivity index (χ2n) is 8.80. The summed E-state index contributed by atoms with van der Waals surface area (Å²) >= 11 is 6.83. The molecule has 7 nitrogen and oxygen atoms in total. The van der Waals surface area contributed by atoms with Gasteiger partial charge in [0.1, 0.15) is 12.6 Å². The third-order valence-electron chi connectivity index (χ3n) is 5.55. The van der Waals surface area contributed by atoms with Crippen molar-refractivity contribution in [1.29, 1.82) is 0 Å². The Morgan fingerprint density at radius 1 is 0.865 bits per heavy atom. The average molecular weight is 651 g/mol. The van der Waals surface area contributed by atoms with Crippen LogP contribution in [0.5, 0.6) is 0 Å². The SMILES string of the molecule is CC(C)NC(=O)[C@@H](C)N(Cc1cccc(Br)c1)C(=O)CN(c1cccc(Br)c1)S(=O)(=O)c1ccccc1. The highest BCUT2D eigenvalue weighted by Gasteiger charge is 2.32. The van der Waals surface area contributed by atoms with Gasteiger partial charge in [-0.1, -0.05) is 68.3 Å². The van der Waals surface area contributed by atoms with E-state index in [9.17, 15) is 18.0 Å². The minimum Gasteiger partial charge on any atom is -0.352 e. The molecule has 1 atom stereocenters. The molecule has 10 heteroatoms. The number of hydrogen-bond donors (Lipinski definition) is 1. The van der Waals surface area contributed by atoms with Crippen molar-refractivity contribution in [1.82, 2.24) is 10.2 Å². The fraction of sp³-hybridized carbons (Fsp3) is 0.259. The number of nitrogens with one attached hydrogen (secondary N) is 1. The Hall–Kier alpha value is -2.69. The Morgan fingerprint density at radius 3 is 2.08 bits per heavy atom. The Morgan fingerprint density at radius 2 is 1.49 bits per heavy atom. The van der Waals surface area contributed by atoms with Crippen LogP contribution in [0.25, 0.3) is 0 Å². The molecule has 0 spiro atoms. The van der Waals surface area contributed by atoms with E-state index in [0.717, 1.165) is 14.3 Å². The van der Waals surface area contributed by atoms with Crippen molar-refractivity contribution in [2.24, 2.45) is 0 Å². The molecule has 0 radical (unpaired) electrons. The molecule has 0 aliphatic carbocycles. The van der Waals surface area contributed by atoms with Crippen molar-refractivity contribution in [3.63, 3.8) is 0 Å².